The maximum Gasteiger partial charge on any atom is 0.534 e. The third kappa shape index (κ3) is 3.42. The number of pyridine rings is 1. The van der Waals surface area contributed by atoms with Crippen molar-refractivity contribution in [1.82, 2.24) is 4.98 Å². The average molecular weight is 321 g/mol. The van der Waals surface area contributed by atoms with Gasteiger partial charge in [-0.2, -0.15) is 21.6 Å². The number of aliphatic hydroxyl groups excluding tert-OH is 1. The number of aliphatic hydroxyl groups is 1. The van der Waals surface area contributed by atoms with Gasteiger partial charge in [-0.15, -0.1) is 0 Å². The van der Waals surface area contributed by atoms with Gasteiger partial charge in [-0.3, -0.25) is 4.98 Å². The van der Waals surface area contributed by atoms with E-state index in [1.165, 1.54) is 6.07 Å². The molecule has 0 bridgehead atoms. The summed E-state index contributed by atoms with van der Waals surface area (Å²) in [4.78, 5) is 4.16. The van der Waals surface area contributed by atoms with Gasteiger partial charge < -0.3 is 9.29 Å². The summed E-state index contributed by atoms with van der Waals surface area (Å²) in [6.45, 7) is -0.0798. The number of fused-ring (bicyclic) bond motifs is 1. The van der Waals surface area contributed by atoms with Gasteiger partial charge in [-0.25, -0.2) is 0 Å². The van der Waals surface area contributed by atoms with Crippen LogP contribution in [0, 0.1) is 0 Å². The Kier molecular flexibility index (Phi) is 4.06. The Morgan fingerprint density at radius 1 is 1.19 bits per heavy atom. The molecule has 114 valence electrons. The number of hydrogen-bond acceptors (Lipinski definition) is 5. The van der Waals surface area contributed by atoms with Gasteiger partial charge in [0.25, 0.3) is 0 Å². The minimum Gasteiger partial charge on any atom is -0.396 e. The molecule has 2 aromatic rings. The fraction of sp³-hybridized carbons (Fsp3) is 0.250. The molecule has 0 radical (unpaired) electrons. The Bertz CT molecular complexity index is 759. The van der Waals surface area contributed by atoms with E-state index in [0.29, 0.717) is 23.0 Å². The van der Waals surface area contributed by atoms with Crippen molar-refractivity contribution in [2.24, 2.45) is 0 Å². The summed E-state index contributed by atoms with van der Waals surface area (Å²) in [5.41, 5.74) is -4.41. The zero-order valence-corrected chi connectivity index (χ0v) is 11.3. The zero-order valence-electron chi connectivity index (χ0n) is 10.5. The first-order valence-corrected chi connectivity index (χ1v) is 7.15. The molecule has 0 saturated carbocycles. The molecular weight excluding hydrogens is 311 g/mol. The van der Waals surface area contributed by atoms with Crippen LogP contribution in [0.25, 0.3) is 10.9 Å². The van der Waals surface area contributed by atoms with Gasteiger partial charge in [0.2, 0.25) is 0 Å². The maximum absolute atomic E-state index is 12.2. The van der Waals surface area contributed by atoms with Crippen LogP contribution in [0.5, 0.6) is 5.75 Å². The van der Waals surface area contributed by atoms with E-state index in [2.05, 4.69) is 9.17 Å². The SMILES string of the molecule is O=S(=O)(Oc1ccc2nc(CCO)ccc2c1)C(F)(F)F. The summed E-state index contributed by atoms with van der Waals surface area (Å²) in [5, 5.41) is 9.23. The first-order chi connectivity index (χ1) is 9.73. The van der Waals surface area contributed by atoms with E-state index < -0.39 is 21.4 Å². The molecule has 1 aromatic heterocycles. The standard InChI is InChI=1S/C12H10F3NO4S/c13-12(14,15)21(18,19)20-10-3-4-11-8(7-10)1-2-9(16-11)5-6-17/h1-4,7,17H,5-6H2. The van der Waals surface area contributed by atoms with Crippen molar-refractivity contribution < 1.29 is 30.9 Å². The van der Waals surface area contributed by atoms with Gasteiger partial charge in [0.05, 0.1) is 5.52 Å². The van der Waals surface area contributed by atoms with Crippen molar-refractivity contribution in [3.8, 4) is 5.75 Å². The Morgan fingerprint density at radius 3 is 2.52 bits per heavy atom. The van der Waals surface area contributed by atoms with E-state index in [0.717, 1.165) is 12.1 Å². The molecule has 0 unspecified atom stereocenters. The van der Waals surface area contributed by atoms with Crippen LogP contribution in [0.3, 0.4) is 0 Å². The highest BCUT2D eigenvalue weighted by Crippen LogP contribution is 2.28. The predicted molar refractivity (Wildman–Crippen MR) is 68.1 cm³/mol. The van der Waals surface area contributed by atoms with Crippen LogP contribution in [0.4, 0.5) is 13.2 Å². The van der Waals surface area contributed by atoms with Crippen LogP contribution in [0.15, 0.2) is 30.3 Å². The van der Waals surface area contributed by atoms with Crippen LogP contribution in [0.1, 0.15) is 5.69 Å². The Hall–Kier alpha value is -1.87. The minimum absolute atomic E-state index is 0.0798. The second-order valence-electron chi connectivity index (χ2n) is 4.11. The third-order valence-corrected chi connectivity index (χ3v) is 3.55. The molecule has 21 heavy (non-hydrogen) atoms. The molecule has 2 rings (SSSR count). The largest absolute Gasteiger partial charge is 0.534 e. The van der Waals surface area contributed by atoms with E-state index in [4.69, 9.17) is 5.11 Å². The highest BCUT2D eigenvalue weighted by Gasteiger charge is 2.48. The second kappa shape index (κ2) is 5.49. The minimum atomic E-state index is -5.69. The zero-order chi connectivity index (χ0) is 15.7. The molecule has 1 aromatic carbocycles. The molecule has 5 nitrogen and oxygen atoms in total. The number of aromatic nitrogens is 1. The summed E-state index contributed by atoms with van der Waals surface area (Å²) in [6, 6.07) is 6.72. The topological polar surface area (TPSA) is 76.5 Å². The smallest absolute Gasteiger partial charge is 0.396 e. The van der Waals surface area contributed by atoms with Crippen LogP contribution < -0.4 is 4.18 Å². The van der Waals surface area contributed by atoms with E-state index in [1.54, 1.807) is 12.1 Å². The molecule has 0 atom stereocenters. The lowest BCUT2D eigenvalue weighted by Gasteiger charge is -2.10. The van der Waals surface area contributed by atoms with E-state index in [1.807, 2.05) is 0 Å². The summed E-state index contributed by atoms with van der Waals surface area (Å²) >= 11 is 0. The van der Waals surface area contributed by atoms with Gasteiger partial charge in [0, 0.05) is 24.1 Å². The number of nitrogens with zero attached hydrogens (tertiary/aromatic N) is 1. The molecule has 9 heteroatoms. The molecule has 0 saturated heterocycles. The monoisotopic (exact) mass is 321 g/mol. The van der Waals surface area contributed by atoms with Crippen LogP contribution in [-0.2, 0) is 16.5 Å². The Balaban J connectivity index is 2.34. The molecule has 0 aliphatic rings. The average Bonchev–Trinajstić information content (AvgIpc) is 2.37. The summed E-state index contributed by atoms with van der Waals surface area (Å²) < 4.78 is 62.5. The van der Waals surface area contributed by atoms with Gasteiger partial charge in [0.1, 0.15) is 5.75 Å². The van der Waals surface area contributed by atoms with Crippen molar-refractivity contribution in [3.63, 3.8) is 0 Å². The van der Waals surface area contributed by atoms with Crippen molar-refractivity contribution in [3.05, 3.63) is 36.0 Å². The Labute approximate surface area is 118 Å². The first kappa shape index (κ1) is 15.5. The lowest BCUT2D eigenvalue weighted by molar-refractivity contribution is -0.0500. The first-order valence-electron chi connectivity index (χ1n) is 5.74. The molecule has 1 heterocycles. The number of benzene rings is 1. The van der Waals surface area contributed by atoms with Gasteiger partial charge in [0.15, 0.2) is 0 Å². The van der Waals surface area contributed by atoms with E-state index in [-0.39, 0.29) is 6.61 Å². The van der Waals surface area contributed by atoms with Crippen molar-refractivity contribution >= 4 is 21.0 Å². The summed E-state index contributed by atoms with van der Waals surface area (Å²) in [5.74, 6) is -0.448. The van der Waals surface area contributed by atoms with Gasteiger partial charge in [-0.05, 0) is 24.3 Å². The van der Waals surface area contributed by atoms with Crippen molar-refractivity contribution in [1.29, 1.82) is 0 Å². The quantitative estimate of drug-likeness (QED) is 0.688. The normalized spacial score (nSPS) is 12.6. The molecule has 0 amide bonds. The molecule has 0 spiro atoms. The molecule has 0 fully saturated rings. The van der Waals surface area contributed by atoms with Crippen LogP contribution >= 0.6 is 0 Å². The summed E-state index contributed by atoms with van der Waals surface area (Å²) in [7, 11) is -5.69. The number of hydrogen-bond donors (Lipinski definition) is 1. The third-order valence-electron chi connectivity index (χ3n) is 2.58. The lowest BCUT2D eigenvalue weighted by Crippen LogP contribution is -2.28. The van der Waals surface area contributed by atoms with Gasteiger partial charge >= 0.3 is 15.6 Å². The molecule has 1 N–H and O–H groups in total. The highest BCUT2D eigenvalue weighted by atomic mass is 32.2. The lowest BCUT2D eigenvalue weighted by atomic mass is 10.2. The van der Waals surface area contributed by atoms with E-state index in [9.17, 15) is 21.6 Å². The molecule has 0 aliphatic carbocycles. The maximum atomic E-state index is 12.2. The fourth-order valence-corrected chi connectivity index (χ4v) is 2.08. The Morgan fingerprint density at radius 2 is 1.90 bits per heavy atom. The highest BCUT2D eigenvalue weighted by molar-refractivity contribution is 7.88. The van der Waals surface area contributed by atoms with Crippen molar-refractivity contribution in [2.75, 3.05) is 6.61 Å². The molecular formula is C12H10F3NO4S. The van der Waals surface area contributed by atoms with Gasteiger partial charge in [-0.1, -0.05) is 6.07 Å². The molecule has 0 aliphatic heterocycles. The van der Waals surface area contributed by atoms with Crippen molar-refractivity contribution in [2.45, 2.75) is 11.9 Å². The summed E-state index contributed by atoms with van der Waals surface area (Å²) in [6.07, 6.45) is 0.344. The fourth-order valence-electron chi connectivity index (χ4n) is 1.63. The van der Waals surface area contributed by atoms with E-state index >= 15 is 0 Å². The second-order valence-corrected chi connectivity index (χ2v) is 5.65. The van der Waals surface area contributed by atoms with Crippen LogP contribution in [0.2, 0.25) is 0 Å². The number of alkyl halides is 3. The van der Waals surface area contributed by atoms with Crippen LogP contribution in [-0.4, -0.2) is 30.6 Å². The predicted octanol–water partition coefficient (Wildman–Crippen LogP) is 2.00. The number of halogens is 3. The number of rotatable bonds is 4.